The van der Waals surface area contributed by atoms with Crippen LogP contribution in [-0.2, 0) is 9.53 Å². The molecule has 5 heteroatoms. The van der Waals surface area contributed by atoms with Crippen molar-refractivity contribution in [3.63, 3.8) is 0 Å². The highest BCUT2D eigenvalue weighted by atomic mass is 35.5. The first-order valence-electron chi connectivity index (χ1n) is 5.17. The smallest absolute Gasteiger partial charge is 0.343 e. The average molecular weight is 260 g/mol. The highest BCUT2D eigenvalue weighted by molar-refractivity contribution is 5.85. The highest BCUT2D eigenvalue weighted by Gasteiger charge is 2.04. The first-order chi connectivity index (χ1) is 7.67. The molecule has 0 saturated carbocycles. The SMILES string of the molecule is COC(=O)COc1ccc(C(C)CN)cc1.Cl. The van der Waals surface area contributed by atoms with Crippen LogP contribution in [0.1, 0.15) is 18.4 Å². The van der Waals surface area contributed by atoms with E-state index in [1.807, 2.05) is 24.3 Å². The van der Waals surface area contributed by atoms with E-state index in [0.717, 1.165) is 5.56 Å². The molecule has 1 atom stereocenters. The molecule has 0 aliphatic rings. The number of rotatable bonds is 5. The average Bonchev–Trinajstić information content (AvgIpc) is 2.35. The van der Waals surface area contributed by atoms with Gasteiger partial charge in [-0.05, 0) is 30.2 Å². The third-order valence-electron chi connectivity index (χ3n) is 2.39. The molecule has 0 aliphatic carbocycles. The number of carbonyl (C=O) groups is 1. The molecular weight excluding hydrogens is 242 g/mol. The largest absolute Gasteiger partial charge is 0.482 e. The first kappa shape index (κ1) is 15.7. The Morgan fingerprint density at radius 3 is 2.41 bits per heavy atom. The van der Waals surface area contributed by atoms with Gasteiger partial charge in [-0.25, -0.2) is 4.79 Å². The van der Waals surface area contributed by atoms with Gasteiger partial charge in [-0.1, -0.05) is 19.1 Å². The van der Waals surface area contributed by atoms with E-state index in [9.17, 15) is 4.79 Å². The van der Waals surface area contributed by atoms with Gasteiger partial charge < -0.3 is 15.2 Å². The maximum atomic E-state index is 10.8. The summed E-state index contributed by atoms with van der Waals surface area (Å²) >= 11 is 0. The molecule has 0 amide bonds. The van der Waals surface area contributed by atoms with Crippen LogP contribution < -0.4 is 10.5 Å². The lowest BCUT2D eigenvalue weighted by molar-refractivity contribution is -0.142. The summed E-state index contributed by atoms with van der Waals surface area (Å²) < 4.78 is 9.69. The summed E-state index contributed by atoms with van der Waals surface area (Å²) in [5, 5.41) is 0. The minimum atomic E-state index is -0.389. The molecule has 0 radical (unpaired) electrons. The number of nitrogens with two attached hydrogens (primary N) is 1. The standard InChI is InChI=1S/C12H17NO3.ClH/c1-9(7-13)10-3-5-11(6-4-10)16-8-12(14)15-2;/h3-6,9H,7-8,13H2,1-2H3;1H. The molecule has 1 unspecified atom stereocenters. The van der Waals surface area contributed by atoms with Gasteiger partial charge in [-0.2, -0.15) is 0 Å². The highest BCUT2D eigenvalue weighted by Crippen LogP contribution is 2.18. The zero-order chi connectivity index (χ0) is 12.0. The van der Waals surface area contributed by atoms with Crippen molar-refractivity contribution in [2.45, 2.75) is 12.8 Å². The Hall–Kier alpha value is -1.26. The van der Waals surface area contributed by atoms with E-state index in [1.165, 1.54) is 7.11 Å². The summed E-state index contributed by atoms with van der Waals surface area (Å²) in [7, 11) is 1.33. The van der Waals surface area contributed by atoms with Crippen LogP contribution in [0.15, 0.2) is 24.3 Å². The second-order valence-corrected chi connectivity index (χ2v) is 3.57. The zero-order valence-electron chi connectivity index (χ0n) is 10.0. The number of esters is 1. The minimum Gasteiger partial charge on any atom is -0.482 e. The fourth-order valence-corrected chi connectivity index (χ4v) is 1.23. The fourth-order valence-electron chi connectivity index (χ4n) is 1.23. The Kier molecular flexibility index (Phi) is 7.34. The molecule has 1 aromatic rings. The predicted octanol–water partition coefficient (Wildman–Crippen LogP) is 1.72. The van der Waals surface area contributed by atoms with Crippen LogP contribution in [0.3, 0.4) is 0 Å². The molecule has 2 N–H and O–H groups in total. The summed E-state index contributed by atoms with van der Waals surface area (Å²) in [5.41, 5.74) is 6.73. The third kappa shape index (κ3) is 5.06. The van der Waals surface area contributed by atoms with Crippen molar-refractivity contribution in [2.75, 3.05) is 20.3 Å². The first-order valence-corrected chi connectivity index (χ1v) is 5.17. The van der Waals surface area contributed by atoms with Crippen molar-refractivity contribution in [1.29, 1.82) is 0 Å². The summed E-state index contributed by atoms with van der Waals surface area (Å²) in [4.78, 5) is 10.8. The molecule has 1 aromatic carbocycles. The van der Waals surface area contributed by atoms with E-state index in [1.54, 1.807) is 0 Å². The van der Waals surface area contributed by atoms with Crippen LogP contribution >= 0.6 is 12.4 Å². The molecule has 17 heavy (non-hydrogen) atoms. The van der Waals surface area contributed by atoms with E-state index in [2.05, 4.69) is 11.7 Å². The van der Waals surface area contributed by atoms with Crippen molar-refractivity contribution in [3.8, 4) is 5.75 Å². The second-order valence-electron chi connectivity index (χ2n) is 3.57. The Bertz CT molecular complexity index is 340. The normalized spacial score (nSPS) is 11.2. The zero-order valence-corrected chi connectivity index (χ0v) is 10.8. The summed E-state index contributed by atoms with van der Waals surface area (Å²) in [6.07, 6.45) is 0. The molecule has 0 heterocycles. The Balaban J connectivity index is 0.00000256. The number of ether oxygens (including phenoxy) is 2. The number of carbonyl (C=O) groups excluding carboxylic acids is 1. The minimum absolute atomic E-state index is 0. The van der Waals surface area contributed by atoms with Crippen LogP contribution in [0, 0.1) is 0 Å². The number of benzene rings is 1. The van der Waals surface area contributed by atoms with Gasteiger partial charge in [0.05, 0.1) is 7.11 Å². The molecule has 0 bridgehead atoms. The van der Waals surface area contributed by atoms with Gasteiger partial charge in [0.2, 0.25) is 0 Å². The van der Waals surface area contributed by atoms with Gasteiger partial charge in [-0.15, -0.1) is 12.4 Å². The van der Waals surface area contributed by atoms with Crippen LogP contribution in [0.4, 0.5) is 0 Å². The van der Waals surface area contributed by atoms with Gasteiger partial charge in [0.15, 0.2) is 6.61 Å². The summed E-state index contributed by atoms with van der Waals surface area (Å²) in [6, 6.07) is 7.54. The van der Waals surface area contributed by atoms with Gasteiger partial charge in [-0.3, -0.25) is 0 Å². The molecule has 1 rings (SSSR count). The fraction of sp³-hybridized carbons (Fsp3) is 0.417. The van der Waals surface area contributed by atoms with Crippen molar-refractivity contribution < 1.29 is 14.3 Å². The lowest BCUT2D eigenvalue weighted by Gasteiger charge is -2.10. The van der Waals surface area contributed by atoms with Crippen LogP contribution in [0.5, 0.6) is 5.75 Å². The Morgan fingerprint density at radius 1 is 1.35 bits per heavy atom. The van der Waals surface area contributed by atoms with Gasteiger partial charge in [0, 0.05) is 0 Å². The summed E-state index contributed by atoms with van der Waals surface area (Å²) in [5.74, 6) is 0.590. The van der Waals surface area contributed by atoms with Crippen molar-refractivity contribution >= 4 is 18.4 Å². The van der Waals surface area contributed by atoms with E-state index in [0.29, 0.717) is 18.2 Å². The molecule has 0 fully saturated rings. The van der Waals surface area contributed by atoms with Crippen LogP contribution in [-0.4, -0.2) is 26.2 Å². The number of hydrogen-bond acceptors (Lipinski definition) is 4. The lowest BCUT2D eigenvalue weighted by atomic mass is 10.0. The Labute approximate surface area is 108 Å². The molecule has 0 spiro atoms. The molecular formula is C12H18ClNO3. The van der Waals surface area contributed by atoms with Gasteiger partial charge >= 0.3 is 5.97 Å². The molecule has 0 aromatic heterocycles. The van der Waals surface area contributed by atoms with Gasteiger partial charge in [0.25, 0.3) is 0 Å². The quantitative estimate of drug-likeness (QED) is 0.818. The molecule has 0 saturated heterocycles. The topological polar surface area (TPSA) is 61.5 Å². The van der Waals surface area contributed by atoms with Crippen molar-refractivity contribution in [2.24, 2.45) is 5.73 Å². The predicted molar refractivity (Wildman–Crippen MR) is 68.7 cm³/mol. The van der Waals surface area contributed by atoms with E-state index in [-0.39, 0.29) is 25.0 Å². The maximum Gasteiger partial charge on any atom is 0.343 e. The lowest BCUT2D eigenvalue weighted by Crippen LogP contribution is -2.12. The van der Waals surface area contributed by atoms with Crippen LogP contribution in [0.25, 0.3) is 0 Å². The van der Waals surface area contributed by atoms with Crippen molar-refractivity contribution in [1.82, 2.24) is 0 Å². The Morgan fingerprint density at radius 2 is 1.94 bits per heavy atom. The molecule has 96 valence electrons. The number of halogens is 1. The van der Waals surface area contributed by atoms with Crippen molar-refractivity contribution in [3.05, 3.63) is 29.8 Å². The molecule has 0 aliphatic heterocycles. The van der Waals surface area contributed by atoms with Gasteiger partial charge in [0.1, 0.15) is 5.75 Å². The molecule has 4 nitrogen and oxygen atoms in total. The van der Waals surface area contributed by atoms with E-state index >= 15 is 0 Å². The van der Waals surface area contributed by atoms with E-state index in [4.69, 9.17) is 10.5 Å². The second kappa shape index (κ2) is 7.92. The van der Waals surface area contributed by atoms with Crippen LogP contribution in [0.2, 0.25) is 0 Å². The maximum absolute atomic E-state index is 10.8. The third-order valence-corrected chi connectivity index (χ3v) is 2.39. The number of hydrogen-bond donors (Lipinski definition) is 1. The van der Waals surface area contributed by atoms with E-state index < -0.39 is 0 Å². The summed E-state index contributed by atoms with van der Waals surface area (Å²) in [6.45, 7) is 2.61. The number of methoxy groups -OCH3 is 1. The monoisotopic (exact) mass is 259 g/mol.